The first-order valence-corrected chi connectivity index (χ1v) is 20.9. The Morgan fingerprint density at radius 3 is 1.81 bits per heavy atom. The van der Waals surface area contributed by atoms with Crippen LogP contribution in [-0.2, 0) is 19.5 Å². The van der Waals surface area contributed by atoms with Crippen molar-refractivity contribution in [2.45, 2.75) is 69.4 Å². The summed E-state index contributed by atoms with van der Waals surface area (Å²) in [7, 11) is 3.86. The maximum atomic E-state index is 13.8. The van der Waals surface area contributed by atoms with Gasteiger partial charge in [0.2, 0.25) is 0 Å². The number of nitrogens with zero attached hydrogens (tertiary/aromatic N) is 1. The number of rotatable bonds is 13. The zero-order valence-electron chi connectivity index (χ0n) is 32.4. The second kappa shape index (κ2) is 15.5. The van der Waals surface area contributed by atoms with E-state index in [4.69, 9.17) is 32.8 Å². The summed E-state index contributed by atoms with van der Waals surface area (Å²) in [5, 5.41) is 0.120. The number of benzene rings is 4. The first-order chi connectivity index (χ1) is 25.8. The zero-order chi connectivity index (χ0) is 38.8. The van der Waals surface area contributed by atoms with Gasteiger partial charge in [-0.1, -0.05) is 75.4 Å². The van der Waals surface area contributed by atoms with Crippen LogP contribution in [0.5, 0.6) is 23.0 Å². The highest BCUT2D eigenvalue weighted by molar-refractivity contribution is 6.74. The summed E-state index contributed by atoms with van der Waals surface area (Å²) in [6.45, 7) is 11.0. The average Bonchev–Trinajstić information content (AvgIpc) is 3.55. The minimum Gasteiger partial charge on any atom is -0.497 e. The second-order valence-electron chi connectivity index (χ2n) is 15.0. The van der Waals surface area contributed by atoms with Crippen LogP contribution in [0.1, 0.15) is 50.1 Å². The summed E-state index contributed by atoms with van der Waals surface area (Å²) >= 11 is 0. The number of aromatic amines is 1. The smallest absolute Gasteiger partial charge is 0.331 e. The van der Waals surface area contributed by atoms with Crippen LogP contribution < -0.4 is 30.2 Å². The minimum absolute atomic E-state index is 0.133. The Morgan fingerprint density at radius 1 is 0.759 bits per heavy atom. The number of methoxy groups -OCH3 is 4. The van der Waals surface area contributed by atoms with Crippen molar-refractivity contribution >= 4 is 19.2 Å². The fraction of sp³-hybridized carbons (Fsp3) is 0.381. The van der Waals surface area contributed by atoms with Gasteiger partial charge in [-0.25, -0.2) is 4.79 Å². The molecule has 1 N–H and O–H groups in total. The third-order valence-electron chi connectivity index (χ3n) is 10.8. The molecular weight excluding hydrogens is 705 g/mol. The molecule has 11 nitrogen and oxygen atoms in total. The number of hydrogen-bond acceptors (Lipinski definition) is 9. The minimum atomic E-state index is -2.41. The van der Waals surface area contributed by atoms with E-state index in [2.05, 4.69) is 38.8 Å². The van der Waals surface area contributed by atoms with Crippen molar-refractivity contribution < 1.29 is 32.8 Å². The number of ether oxygens (including phenoxy) is 6. The topological polar surface area (TPSA) is 119 Å². The molecule has 0 aliphatic carbocycles. The van der Waals surface area contributed by atoms with Gasteiger partial charge in [-0.15, -0.1) is 0 Å². The Kier molecular flexibility index (Phi) is 11.1. The SMILES string of the molecule is COc1ccc(C(OC[C@H]2C[C@@H](O[Si](C)(C)C(C)(C)C)[C@H](n3c(=O)[nH]c(=O)c4cc(OC)c(OC)cc43)O2)(c2ccccc2)c2ccc(OC)cc2)cc1. The van der Waals surface area contributed by atoms with Crippen molar-refractivity contribution in [2.75, 3.05) is 35.0 Å². The highest BCUT2D eigenvalue weighted by Gasteiger charge is 2.47. The van der Waals surface area contributed by atoms with Crippen LogP contribution in [0.3, 0.4) is 0 Å². The molecule has 0 amide bonds. The molecule has 1 aliphatic heterocycles. The summed E-state index contributed by atoms with van der Waals surface area (Å²) in [6.07, 6.45) is -1.54. The zero-order valence-corrected chi connectivity index (χ0v) is 33.4. The van der Waals surface area contributed by atoms with Crippen LogP contribution in [0.15, 0.2) is 101 Å². The van der Waals surface area contributed by atoms with Crippen molar-refractivity contribution in [3.05, 3.63) is 129 Å². The van der Waals surface area contributed by atoms with E-state index in [1.165, 1.54) is 18.8 Å². The fourth-order valence-corrected chi connectivity index (χ4v) is 8.16. The number of H-pyrrole nitrogens is 1. The van der Waals surface area contributed by atoms with E-state index in [1.807, 2.05) is 78.9 Å². The average molecular weight is 755 g/mol. The van der Waals surface area contributed by atoms with Gasteiger partial charge in [-0.2, -0.15) is 0 Å². The molecule has 0 saturated carbocycles. The number of fused-ring (bicyclic) bond motifs is 1. The lowest BCUT2D eigenvalue weighted by Gasteiger charge is -2.39. The quantitative estimate of drug-likeness (QED) is 0.0969. The Hall–Kier alpha value is -4.88. The van der Waals surface area contributed by atoms with E-state index in [0.29, 0.717) is 23.4 Å². The lowest BCUT2D eigenvalue weighted by molar-refractivity contribution is -0.0851. The highest BCUT2D eigenvalue weighted by atomic mass is 28.4. The molecule has 1 aliphatic rings. The van der Waals surface area contributed by atoms with Gasteiger partial charge in [0.1, 0.15) is 17.1 Å². The van der Waals surface area contributed by atoms with Crippen LogP contribution in [0.4, 0.5) is 0 Å². The third-order valence-corrected chi connectivity index (χ3v) is 15.3. The first kappa shape index (κ1) is 38.8. The van der Waals surface area contributed by atoms with Gasteiger partial charge in [-0.3, -0.25) is 14.3 Å². The molecule has 5 aromatic rings. The summed E-state index contributed by atoms with van der Waals surface area (Å²) in [5.74, 6) is 2.17. The summed E-state index contributed by atoms with van der Waals surface area (Å²) < 4.78 is 44.7. The Bertz CT molecular complexity index is 2130. The Labute approximate surface area is 316 Å². The molecule has 286 valence electrons. The molecule has 12 heteroatoms. The van der Waals surface area contributed by atoms with Gasteiger partial charge in [0, 0.05) is 12.5 Å². The van der Waals surface area contributed by atoms with Crippen LogP contribution in [0.2, 0.25) is 18.1 Å². The van der Waals surface area contributed by atoms with Crippen molar-refractivity contribution in [1.82, 2.24) is 9.55 Å². The Morgan fingerprint density at radius 2 is 1.30 bits per heavy atom. The standard InChI is InChI=1S/C42H50N2O9Si/c1-41(2,3)54(8,9)53-37-23-32(52-39(37)44-34-25-36(50-7)35(49-6)24-33(34)38(45)43-40(44)46)26-51-42(27-13-11-10-12-14-27,28-15-19-30(47-4)20-16-28)29-17-21-31(48-5)22-18-29/h10-22,24-25,32,37,39H,23,26H2,1-9H3,(H,43,45,46)/t32-,37-,39-/m1/s1. The predicted molar refractivity (Wildman–Crippen MR) is 211 cm³/mol. The van der Waals surface area contributed by atoms with Crippen molar-refractivity contribution in [3.63, 3.8) is 0 Å². The lowest BCUT2D eigenvalue weighted by Crippen LogP contribution is -2.46. The van der Waals surface area contributed by atoms with Gasteiger partial charge in [0.15, 0.2) is 26.0 Å². The molecule has 6 rings (SSSR count). The molecule has 1 aromatic heterocycles. The number of hydrogen-bond donors (Lipinski definition) is 1. The van der Waals surface area contributed by atoms with Crippen molar-refractivity contribution in [2.24, 2.45) is 0 Å². The Balaban J connectivity index is 1.47. The maximum Gasteiger partial charge on any atom is 0.331 e. The van der Waals surface area contributed by atoms with E-state index < -0.39 is 43.6 Å². The molecule has 0 bridgehead atoms. The van der Waals surface area contributed by atoms with Crippen molar-refractivity contribution in [3.8, 4) is 23.0 Å². The summed E-state index contributed by atoms with van der Waals surface area (Å²) in [5.41, 5.74) is 0.769. The molecule has 4 aromatic carbocycles. The van der Waals surface area contributed by atoms with Crippen LogP contribution >= 0.6 is 0 Å². The molecule has 2 heterocycles. The predicted octanol–water partition coefficient (Wildman–Crippen LogP) is 7.41. The number of nitrogens with one attached hydrogen (secondary N) is 1. The molecule has 1 fully saturated rings. The van der Waals surface area contributed by atoms with Crippen LogP contribution in [-0.4, -0.2) is 65.1 Å². The van der Waals surface area contributed by atoms with Gasteiger partial charge in [-0.05, 0) is 65.2 Å². The second-order valence-corrected chi connectivity index (χ2v) is 19.7. The molecular formula is C42H50N2O9Si. The van der Waals surface area contributed by atoms with Gasteiger partial charge in [0.25, 0.3) is 5.56 Å². The molecule has 0 spiro atoms. The van der Waals surface area contributed by atoms with Gasteiger partial charge >= 0.3 is 5.69 Å². The third kappa shape index (κ3) is 7.31. The number of aromatic nitrogens is 2. The van der Waals surface area contributed by atoms with E-state index in [1.54, 1.807) is 26.4 Å². The van der Waals surface area contributed by atoms with E-state index in [0.717, 1.165) is 28.2 Å². The first-order valence-electron chi connectivity index (χ1n) is 18.0. The molecule has 54 heavy (non-hydrogen) atoms. The van der Waals surface area contributed by atoms with Crippen LogP contribution in [0.25, 0.3) is 10.9 Å². The molecule has 0 unspecified atom stereocenters. The molecule has 1 saturated heterocycles. The molecule has 3 atom stereocenters. The lowest BCUT2D eigenvalue weighted by atomic mass is 9.80. The molecule has 0 radical (unpaired) electrons. The monoisotopic (exact) mass is 754 g/mol. The van der Waals surface area contributed by atoms with Crippen molar-refractivity contribution in [1.29, 1.82) is 0 Å². The van der Waals surface area contributed by atoms with E-state index in [-0.39, 0.29) is 17.0 Å². The summed E-state index contributed by atoms with van der Waals surface area (Å²) in [4.78, 5) is 29.5. The van der Waals surface area contributed by atoms with Gasteiger partial charge in [0.05, 0.1) is 58.2 Å². The highest BCUT2D eigenvalue weighted by Crippen LogP contribution is 2.45. The largest absolute Gasteiger partial charge is 0.497 e. The van der Waals surface area contributed by atoms with E-state index in [9.17, 15) is 9.59 Å². The summed E-state index contributed by atoms with van der Waals surface area (Å²) in [6, 6.07) is 28.9. The van der Waals surface area contributed by atoms with Gasteiger partial charge < -0.3 is 32.8 Å². The van der Waals surface area contributed by atoms with E-state index >= 15 is 0 Å². The van der Waals surface area contributed by atoms with Crippen LogP contribution in [0, 0.1) is 0 Å². The fourth-order valence-electron chi connectivity index (χ4n) is 6.84. The maximum absolute atomic E-state index is 13.8. The normalized spacial score (nSPS) is 17.8.